The van der Waals surface area contributed by atoms with Crippen LogP contribution in [0.2, 0.25) is 0 Å². The zero-order valence-electron chi connectivity index (χ0n) is 8.32. The Kier molecular flexibility index (Phi) is 2.08. The zero-order valence-corrected chi connectivity index (χ0v) is 8.32. The maximum absolute atomic E-state index is 10.7. The Morgan fingerprint density at radius 3 is 3.00 bits per heavy atom. The lowest BCUT2D eigenvalue weighted by Gasteiger charge is -2.27. The summed E-state index contributed by atoms with van der Waals surface area (Å²) in [6.07, 6.45) is 6.88. The van der Waals surface area contributed by atoms with E-state index in [9.17, 15) is 4.79 Å². The van der Waals surface area contributed by atoms with Crippen LogP contribution in [-0.4, -0.2) is 23.6 Å². The number of allylic oxidation sites excluding steroid dienone is 3. The molecule has 14 heavy (non-hydrogen) atoms. The number of amidine groups is 1. The minimum absolute atomic E-state index is 0.633. The van der Waals surface area contributed by atoms with Crippen LogP contribution in [0.4, 0.5) is 0 Å². The molecular formula is C11H12N2O. The quantitative estimate of drug-likeness (QED) is 0.586. The average molecular weight is 188 g/mol. The first-order chi connectivity index (χ1) is 6.70. The van der Waals surface area contributed by atoms with Crippen molar-refractivity contribution in [3.05, 3.63) is 35.2 Å². The van der Waals surface area contributed by atoms with Gasteiger partial charge in [-0.2, -0.15) is 0 Å². The van der Waals surface area contributed by atoms with Crippen molar-refractivity contribution in [2.45, 2.75) is 13.8 Å². The molecule has 2 heterocycles. The Labute approximate surface area is 83.1 Å². The first-order valence-electron chi connectivity index (χ1n) is 4.57. The molecule has 0 aromatic rings. The predicted octanol–water partition coefficient (Wildman–Crippen LogP) is 1.65. The third-order valence-corrected chi connectivity index (χ3v) is 2.40. The van der Waals surface area contributed by atoms with Gasteiger partial charge in [0.15, 0.2) is 0 Å². The van der Waals surface area contributed by atoms with Crippen molar-refractivity contribution < 1.29 is 4.79 Å². The molecule has 0 N–H and O–H groups in total. The number of rotatable bonds is 1. The minimum Gasteiger partial charge on any atom is -0.328 e. The van der Waals surface area contributed by atoms with E-state index in [4.69, 9.17) is 0 Å². The summed E-state index contributed by atoms with van der Waals surface area (Å²) in [6.45, 7) is 4.54. The van der Waals surface area contributed by atoms with Gasteiger partial charge in [-0.1, -0.05) is 0 Å². The molecule has 0 atom stereocenters. The smallest absolute Gasteiger partial charge is 0.149 e. The highest BCUT2D eigenvalue weighted by atomic mass is 16.1. The van der Waals surface area contributed by atoms with Gasteiger partial charge in [0.05, 0.1) is 6.54 Å². The molecule has 0 saturated heterocycles. The molecule has 0 aromatic carbocycles. The van der Waals surface area contributed by atoms with Gasteiger partial charge in [-0.25, -0.2) is 4.99 Å². The molecule has 2 aliphatic rings. The number of fused-ring (bicyclic) bond motifs is 1. The number of carbonyl (C=O) groups is 1. The van der Waals surface area contributed by atoms with Gasteiger partial charge in [-0.05, 0) is 31.6 Å². The zero-order chi connectivity index (χ0) is 10.1. The lowest BCUT2D eigenvalue weighted by Crippen LogP contribution is -2.32. The van der Waals surface area contributed by atoms with Crippen molar-refractivity contribution in [2.75, 3.05) is 6.54 Å². The summed E-state index contributed by atoms with van der Waals surface area (Å²) in [7, 11) is 0. The average Bonchev–Trinajstić information content (AvgIpc) is 2.16. The van der Waals surface area contributed by atoms with E-state index < -0.39 is 0 Å². The largest absolute Gasteiger partial charge is 0.328 e. The van der Waals surface area contributed by atoms with Gasteiger partial charge in [0.2, 0.25) is 0 Å². The van der Waals surface area contributed by atoms with Crippen molar-refractivity contribution in [2.24, 2.45) is 4.99 Å². The summed E-state index contributed by atoms with van der Waals surface area (Å²) in [5.41, 5.74) is 2.76. The number of carbonyl (C=O) groups excluding carboxylic acids is 1. The fourth-order valence-corrected chi connectivity index (χ4v) is 1.51. The van der Waals surface area contributed by atoms with Gasteiger partial charge in [-0.15, -0.1) is 0 Å². The van der Waals surface area contributed by atoms with Crippen LogP contribution in [0.15, 0.2) is 40.2 Å². The second kappa shape index (κ2) is 3.25. The molecule has 2 aliphatic heterocycles. The SMILES string of the molecule is CC1=CC2=NC(C)=C(C=O)CN2C=C1. The molecule has 3 heteroatoms. The summed E-state index contributed by atoms with van der Waals surface area (Å²) in [6, 6.07) is 0. The summed E-state index contributed by atoms with van der Waals surface area (Å²) in [5, 5.41) is 0. The Balaban J connectivity index is 2.40. The van der Waals surface area contributed by atoms with E-state index in [0.717, 1.165) is 23.4 Å². The van der Waals surface area contributed by atoms with Crippen LogP contribution in [0.5, 0.6) is 0 Å². The van der Waals surface area contributed by atoms with E-state index in [2.05, 4.69) is 4.99 Å². The van der Waals surface area contributed by atoms with Crippen molar-refractivity contribution in [3.63, 3.8) is 0 Å². The number of hydrogen-bond donors (Lipinski definition) is 0. The minimum atomic E-state index is 0.633. The molecule has 0 unspecified atom stereocenters. The molecule has 0 bridgehead atoms. The lowest BCUT2D eigenvalue weighted by molar-refractivity contribution is -0.105. The second-order valence-electron chi connectivity index (χ2n) is 3.53. The van der Waals surface area contributed by atoms with Crippen LogP contribution >= 0.6 is 0 Å². The van der Waals surface area contributed by atoms with E-state index in [0.29, 0.717) is 6.54 Å². The van der Waals surface area contributed by atoms with Crippen LogP contribution in [0.1, 0.15) is 13.8 Å². The molecule has 0 saturated carbocycles. The highest BCUT2D eigenvalue weighted by Crippen LogP contribution is 2.18. The normalized spacial score (nSPS) is 20.3. The van der Waals surface area contributed by atoms with Gasteiger partial charge in [0.25, 0.3) is 0 Å². The van der Waals surface area contributed by atoms with Crippen molar-refractivity contribution in [1.29, 1.82) is 0 Å². The molecule has 0 radical (unpaired) electrons. The van der Waals surface area contributed by atoms with Gasteiger partial charge in [-0.3, -0.25) is 4.79 Å². The maximum atomic E-state index is 10.7. The van der Waals surface area contributed by atoms with Crippen LogP contribution in [0, 0.1) is 0 Å². The third-order valence-electron chi connectivity index (χ3n) is 2.40. The number of nitrogens with zero attached hydrogens (tertiary/aromatic N) is 2. The fraction of sp³-hybridized carbons (Fsp3) is 0.273. The van der Waals surface area contributed by atoms with Gasteiger partial charge in [0, 0.05) is 17.5 Å². The highest BCUT2D eigenvalue weighted by Gasteiger charge is 2.18. The fourth-order valence-electron chi connectivity index (χ4n) is 1.51. The third kappa shape index (κ3) is 1.41. The maximum Gasteiger partial charge on any atom is 0.149 e. The second-order valence-corrected chi connectivity index (χ2v) is 3.53. The van der Waals surface area contributed by atoms with Gasteiger partial charge < -0.3 is 4.90 Å². The number of aliphatic imine (C=N–C) groups is 1. The van der Waals surface area contributed by atoms with Crippen LogP contribution in [0.25, 0.3) is 0 Å². The molecule has 0 aromatic heterocycles. The van der Waals surface area contributed by atoms with Crippen LogP contribution < -0.4 is 0 Å². The monoisotopic (exact) mass is 188 g/mol. The molecule has 0 aliphatic carbocycles. The number of aldehydes is 1. The molecular weight excluding hydrogens is 176 g/mol. The topological polar surface area (TPSA) is 32.7 Å². The Morgan fingerprint density at radius 2 is 2.29 bits per heavy atom. The Morgan fingerprint density at radius 1 is 1.50 bits per heavy atom. The first-order valence-corrected chi connectivity index (χ1v) is 4.57. The molecule has 72 valence electrons. The molecule has 3 nitrogen and oxygen atoms in total. The molecule has 0 spiro atoms. The summed E-state index contributed by atoms with van der Waals surface area (Å²) in [5.74, 6) is 0.924. The lowest BCUT2D eigenvalue weighted by atomic mass is 10.1. The van der Waals surface area contributed by atoms with Crippen molar-refractivity contribution in [3.8, 4) is 0 Å². The van der Waals surface area contributed by atoms with Crippen LogP contribution in [0.3, 0.4) is 0 Å². The van der Waals surface area contributed by atoms with Crippen molar-refractivity contribution in [1.82, 2.24) is 4.90 Å². The van der Waals surface area contributed by atoms with E-state index in [1.54, 1.807) is 0 Å². The Hall–Kier alpha value is -1.64. The van der Waals surface area contributed by atoms with E-state index in [-0.39, 0.29) is 0 Å². The predicted molar refractivity (Wildman–Crippen MR) is 55.8 cm³/mol. The molecule has 2 rings (SSSR count). The van der Waals surface area contributed by atoms with Crippen LogP contribution in [-0.2, 0) is 4.79 Å². The standard InChI is InChI=1S/C11H12N2O/c1-8-3-4-13-6-10(7-14)9(2)12-11(13)5-8/h3-5,7H,6H2,1-2H3. The van der Waals surface area contributed by atoms with E-state index in [1.165, 1.54) is 5.57 Å². The van der Waals surface area contributed by atoms with E-state index >= 15 is 0 Å². The van der Waals surface area contributed by atoms with Crippen molar-refractivity contribution >= 4 is 12.1 Å². The van der Waals surface area contributed by atoms with Gasteiger partial charge in [0.1, 0.15) is 12.1 Å². The van der Waals surface area contributed by atoms with Gasteiger partial charge >= 0.3 is 0 Å². The highest BCUT2D eigenvalue weighted by molar-refractivity contribution is 5.98. The summed E-state index contributed by atoms with van der Waals surface area (Å²) < 4.78 is 0. The summed E-state index contributed by atoms with van der Waals surface area (Å²) in [4.78, 5) is 17.1. The Bertz CT molecular complexity index is 400. The first kappa shape index (κ1) is 8.94. The molecule has 0 fully saturated rings. The van der Waals surface area contributed by atoms with E-state index in [1.807, 2.05) is 37.1 Å². The molecule has 0 amide bonds. The summed E-state index contributed by atoms with van der Waals surface area (Å²) >= 11 is 0. The number of hydrogen-bond acceptors (Lipinski definition) is 3.